The van der Waals surface area contributed by atoms with E-state index in [2.05, 4.69) is 4.98 Å². The summed E-state index contributed by atoms with van der Waals surface area (Å²) in [7, 11) is 0. The Morgan fingerprint density at radius 1 is 1.05 bits per heavy atom. The van der Waals surface area contributed by atoms with Gasteiger partial charge in [0.15, 0.2) is 0 Å². The van der Waals surface area contributed by atoms with Crippen molar-refractivity contribution >= 4 is 12.4 Å². The van der Waals surface area contributed by atoms with Crippen LogP contribution in [0.5, 0.6) is 5.75 Å². The maximum absolute atomic E-state index is 12.4. The standard InChI is InChI=1S/C13H12BF3NO/c15-14(16,17)12-3-5-13(6-4-12)19-9-7-11-2-1-8-18-10-11/h1-6,8,10H,7,9H2/q-1. The molecule has 0 saturated heterocycles. The van der Waals surface area contributed by atoms with E-state index in [9.17, 15) is 12.9 Å². The fraction of sp³-hybridized carbons (Fsp3) is 0.154. The molecule has 6 heteroatoms. The number of rotatable bonds is 5. The van der Waals surface area contributed by atoms with Crippen LogP contribution in [-0.4, -0.2) is 18.6 Å². The molecule has 0 saturated carbocycles. The van der Waals surface area contributed by atoms with E-state index < -0.39 is 12.4 Å². The van der Waals surface area contributed by atoms with Crippen molar-refractivity contribution in [3.05, 3.63) is 54.4 Å². The molecule has 2 rings (SSSR count). The van der Waals surface area contributed by atoms with Crippen LogP contribution in [0.15, 0.2) is 48.8 Å². The van der Waals surface area contributed by atoms with Crippen molar-refractivity contribution in [3.63, 3.8) is 0 Å². The summed E-state index contributed by atoms with van der Waals surface area (Å²) in [5, 5.41) is 0. The van der Waals surface area contributed by atoms with E-state index in [0.717, 1.165) is 17.7 Å². The van der Waals surface area contributed by atoms with Crippen molar-refractivity contribution < 1.29 is 17.7 Å². The molecule has 19 heavy (non-hydrogen) atoms. The van der Waals surface area contributed by atoms with Gasteiger partial charge in [0.05, 0.1) is 6.61 Å². The maximum Gasteiger partial charge on any atom is 0.509 e. The van der Waals surface area contributed by atoms with Crippen molar-refractivity contribution in [2.45, 2.75) is 6.42 Å². The van der Waals surface area contributed by atoms with Crippen molar-refractivity contribution in [3.8, 4) is 5.75 Å². The lowest BCUT2D eigenvalue weighted by atomic mass is 9.80. The largest absolute Gasteiger partial charge is 0.509 e. The second-order valence-electron chi connectivity index (χ2n) is 4.10. The zero-order valence-corrected chi connectivity index (χ0v) is 10.1. The van der Waals surface area contributed by atoms with Gasteiger partial charge in [0, 0.05) is 18.8 Å². The monoisotopic (exact) mass is 266 g/mol. The lowest BCUT2D eigenvalue weighted by molar-refractivity contribution is 0.322. The number of hydrogen-bond donors (Lipinski definition) is 0. The van der Waals surface area contributed by atoms with E-state index in [-0.39, 0.29) is 0 Å². The third-order valence-corrected chi connectivity index (χ3v) is 2.64. The maximum atomic E-state index is 12.4. The first-order valence-electron chi connectivity index (χ1n) is 5.87. The number of aromatic nitrogens is 1. The van der Waals surface area contributed by atoms with Gasteiger partial charge in [-0.15, -0.1) is 5.46 Å². The molecule has 0 spiro atoms. The third kappa shape index (κ3) is 4.01. The van der Waals surface area contributed by atoms with Gasteiger partial charge >= 0.3 is 6.98 Å². The quantitative estimate of drug-likeness (QED) is 0.776. The second-order valence-corrected chi connectivity index (χ2v) is 4.10. The van der Waals surface area contributed by atoms with Crippen LogP contribution in [0, 0.1) is 0 Å². The molecule has 0 unspecified atom stereocenters. The van der Waals surface area contributed by atoms with Gasteiger partial charge in [-0.3, -0.25) is 4.98 Å². The van der Waals surface area contributed by atoms with E-state index >= 15 is 0 Å². The first kappa shape index (κ1) is 13.5. The molecule has 1 aromatic carbocycles. The fourth-order valence-electron chi connectivity index (χ4n) is 1.62. The average molecular weight is 266 g/mol. The zero-order chi connectivity index (χ0) is 13.7. The van der Waals surface area contributed by atoms with Gasteiger partial charge in [-0.1, -0.05) is 18.2 Å². The molecular weight excluding hydrogens is 254 g/mol. The summed E-state index contributed by atoms with van der Waals surface area (Å²) in [4.78, 5) is 3.97. The Bertz CT molecular complexity index is 514. The van der Waals surface area contributed by atoms with Gasteiger partial charge in [-0.05, 0) is 23.8 Å². The van der Waals surface area contributed by atoms with Crippen LogP contribution in [-0.2, 0) is 6.42 Å². The molecule has 1 aromatic heterocycles. The third-order valence-electron chi connectivity index (χ3n) is 2.64. The normalized spacial score (nSPS) is 11.3. The smallest absolute Gasteiger partial charge is 0.493 e. The van der Waals surface area contributed by atoms with E-state index in [0.29, 0.717) is 18.8 Å². The lowest BCUT2D eigenvalue weighted by Gasteiger charge is -2.15. The topological polar surface area (TPSA) is 22.1 Å². The molecule has 0 radical (unpaired) electrons. The number of ether oxygens (including phenoxy) is 1. The molecular formula is C13H12BF3NO-. The molecule has 2 aromatic rings. The number of pyridine rings is 1. The molecule has 2 nitrogen and oxygen atoms in total. The predicted octanol–water partition coefficient (Wildman–Crippen LogP) is 2.76. The van der Waals surface area contributed by atoms with Gasteiger partial charge in [-0.25, -0.2) is 0 Å². The van der Waals surface area contributed by atoms with E-state index in [1.165, 1.54) is 12.1 Å². The molecule has 0 bridgehead atoms. The van der Waals surface area contributed by atoms with Crippen molar-refractivity contribution in [1.29, 1.82) is 0 Å². The Hall–Kier alpha value is -1.98. The Morgan fingerprint density at radius 2 is 1.79 bits per heavy atom. The number of hydrogen-bond acceptors (Lipinski definition) is 2. The zero-order valence-electron chi connectivity index (χ0n) is 10.1. The van der Waals surface area contributed by atoms with Crippen LogP contribution < -0.4 is 10.2 Å². The minimum absolute atomic E-state index is 0.405. The summed E-state index contributed by atoms with van der Waals surface area (Å²) in [6.07, 6.45) is 4.08. The summed E-state index contributed by atoms with van der Waals surface area (Å²) < 4.78 is 42.6. The Kier molecular flexibility index (Phi) is 4.09. The summed E-state index contributed by atoms with van der Waals surface area (Å²) in [6, 6.07) is 8.52. The van der Waals surface area contributed by atoms with E-state index in [1.54, 1.807) is 12.4 Å². The summed E-state index contributed by atoms with van der Waals surface area (Å²) in [6.45, 7) is -4.53. The molecule has 1 heterocycles. The van der Waals surface area contributed by atoms with Crippen LogP contribution in [0.25, 0.3) is 0 Å². The van der Waals surface area contributed by atoms with Gasteiger partial charge < -0.3 is 17.7 Å². The highest BCUT2D eigenvalue weighted by molar-refractivity contribution is 6.73. The van der Waals surface area contributed by atoms with Crippen molar-refractivity contribution in [2.75, 3.05) is 6.61 Å². The lowest BCUT2D eigenvalue weighted by Crippen LogP contribution is -2.33. The Morgan fingerprint density at radius 3 is 2.37 bits per heavy atom. The van der Waals surface area contributed by atoms with Crippen LogP contribution in [0.2, 0.25) is 0 Å². The second kappa shape index (κ2) is 5.78. The molecule has 0 atom stereocenters. The molecule has 0 aliphatic rings. The van der Waals surface area contributed by atoms with Gasteiger partial charge in [0.1, 0.15) is 5.75 Å². The molecule has 0 fully saturated rings. The molecule has 0 amide bonds. The number of halogens is 3. The molecule has 0 N–H and O–H groups in total. The Labute approximate surface area is 109 Å². The molecule has 100 valence electrons. The SMILES string of the molecule is F[B-](F)(F)c1ccc(OCCc2cccnc2)cc1. The first-order chi connectivity index (χ1) is 9.05. The molecule has 0 aliphatic heterocycles. The average Bonchev–Trinajstić information content (AvgIpc) is 2.39. The Balaban J connectivity index is 1.87. The van der Waals surface area contributed by atoms with Crippen LogP contribution in [0.4, 0.5) is 12.9 Å². The first-order valence-corrected chi connectivity index (χ1v) is 5.87. The van der Waals surface area contributed by atoms with E-state index in [1.807, 2.05) is 12.1 Å². The highest BCUT2D eigenvalue weighted by atomic mass is 19.4. The highest BCUT2D eigenvalue weighted by Gasteiger charge is 2.24. The highest BCUT2D eigenvalue weighted by Crippen LogP contribution is 2.13. The van der Waals surface area contributed by atoms with Crippen LogP contribution >= 0.6 is 0 Å². The van der Waals surface area contributed by atoms with E-state index in [4.69, 9.17) is 4.74 Å². The van der Waals surface area contributed by atoms with Gasteiger partial charge in [-0.2, -0.15) is 0 Å². The van der Waals surface area contributed by atoms with Crippen LogP contribution in [0.1, 0.15) is 5.56 Å². The minimum atomic E-state index is -4.94. The minimum Gasteiger partial charge on any atom is -0.493 e. The summed E-state index contributed by atoms with van der Waals surface area (Å²) in [5.74, 6) is 0.438. The van der Waals surface area contributed by atoms with Gasteiger partial charge in [0.25, 0.3) is 0 Å². The van der Waals surface area contributed by atoms with Crippen LogP contribution in [0.3, 0.4) is 0 Å². The summed E-state index contributed by atoms with van der Waals surface area (Å²) >= 11 is 0. The molecule has 0 aliphatic carbocycles. The summed E-state index contributed by atoms with van der Waals surface area (Å²) in [5.41, 5.74) is 0.414. The van der Waals surface area contributed by atoms with Crippen molar-refractivity contribution in [2.24, 2.45) is 0 Å². The predicted molar refractivity (Wildman–Crippen MR) is 68.6 cm³/mol. The fourth-order valence-corrected chi connectivity index (χ4v) is 1.62. The number of nitrogens with zero attached hydrogens (tertiary/aromatic N) is 1. The number of benzene rings is 1. The van der Waals surface area contributed by atoms with Crippen molar-refractivity contribution in [1.82, 2.24) is 4.98 Å². The van der Waals surface area contributed by atoms with Gasteiger partial charge in [0.2, 0.25) is 0 Å².